The highest BCUT2D eigenvalue weighted by molar-refractivity contribution is 5.93. The minimum absolute atomic E-state index is 0.272. The number of benzene rings is 2. The lowest BCUT2D eigenvalue weighted by molar-refractivity contribution is -0.149. The zero-order chi connectivity index (χ0) is 20.5. The monoisotopic (exact) mass is 398 g/mol. The quantitative estimate of drug-likeness (QED) is 0.654. The zero-order valence-corrected chi connectivity index (χ0v) is 16.6. The standard InChI is InChI=1S/C22H26N2O5/c1-2-27-19-9-11-20(12-10-19)28-16-22(26)29-15-21(25)23-17-5-7-18(8-6-17)24-13-3-4-14-24/h5-12H,2-4,13-16H2,1H3,(H,23,25). The number of anilines is 2. The average molecular weight is 398 g/mol. The summed E-state index contributed by atoms with van der Waals surface area (Å²) >= 11 is 0. The number of nitrogens with zero attached hydrogens (tertiary/aromatic N) is 1. The van der Waals surface area contributed by atoms with Crippen LogP contribution in [0.4, 0.5) is 11.4 Å². The average Bonchev–Trinajstić information content (AvgIpc) is 3.27. The molecule has 7 heteroatoms. The molecule has 1 aliphatic rings. The molecule has 1 amide bonds. The smallest absolute Gasteiger partial charge is 0.344 e. The molecule has 1 aliphatic heterocycles. The van der Waals surface area contributed by atoms with Gasteiger partial charge in [0.15, 0.2) is 13.2 Å². The minimum Gasteiger partial charge on any atom is -0.494 e. The van der Waals surface area contributed by atoms with E-state index in [1.54, 1.807) is 24.3 Å². The second-order valence-electron chi connectivity index (χ2n) is 6.64. The second kappa shape index (κ2) is 10.4. The van der Waals surface area contributed by atoms with Crippen LogP contribution in [0.1, 0.15) is 19.8 Å². The first kappa shape index (κ1) is 20.5. The summed E-state index contributed by atoms with van der Waals surface area (Å²) in [5.74, 6) is 0.243. The maximum Gasteiger partial charge on any atom is 0.344 e. The van der Waals surface area contributed by atoms with E-state index in [2.05, 4.69) is 10.2 Å². The van der Waals surface area contributed by atoms with Crippen LogP contribution in [0.2, 0.25) is 0 Å². The number of esters is 1. The van der Waals surface area contributed by atoms with Crippen molar-refractivity contribution < 1.29 is 23.8 Å². The van der Waals surface area contributed by atoms with E-state index in [1.807, 2.05) is 31.2 Å². The van der Waals surface area contributed by atoms with Gasteiger partial charge in [0, 0.05) is 24.5 Å². The Morgan fingerprint density at radius 1 is 0.897 bits per heavy atom. The van der Waals surface area contributed by atoms with Gasteiger partial charge in [-0.05, 0) is 68.3 Å². The summed E-state index contributed by atoms with van der Waals surface area (Å²) in [6, 6.07) is 14.6. The molecule has 2 aromatic rings. The van der Waals surface area contributed by atoms with E-state index < -0.39 is 11.9 Å². The molecule has 0 atom stereocenters. The lowest BCUT2D eigenvalue weighted by atomic mass is 10.2. The molecule has 0 aliphatic carbocycles. The van der Waals surface area contributed by atoms with Crippen molar-refractivity contribution in [3.8, 4) is 11.5 Å². The van der Waals surface area contributed by atoms with Gasteiger partial charge in [0.2, 0.25) is 0 Å². The summed E-state index contributed by atoms with van der Waals surface area (Å²) < 4.78 is 15.6. The Hall–Kier alpha value is -3.22. The van der Waals surface area contributed by atoms with Gasteiger partial charge in [-0.25, -0.2) is 4.79 Å². The molecule has 0 bridgehead atoms. The van der Waals surface area contributed by atoms with Crippen LogP contribution in [0, 0.1) is 0 Å². The van der Waals surface area contributed by atoms with E-state index in [-0.39, 0.29) is 13.2 Å². The van der Waals surface area contributed by atoms with Crippen LogP contribution < -0.4 is 19.7 Å². The largest absolute Gasteiger partial charge is 0.494 e. The molecular weight excluding hydrogens is 372 g/mol. The summed E-state index contributed by atoms with van der Waals surface area (Å²) in [6.45, 7) is 3.99. The molecule has 154 valence electrons. The first-order valence-corrected chi connectivity index (χ1v) is 9.80. The van der Waals surface area contributed by atoms with Gasteiger partial charge in [-0.1, -0.05) is 0 Å². The number of carbonyl (C=O) groups is 2. The Kier molecular flexibility index (Phi) is 7.33. The molecule has 7 nitrogen and oxygen atoms in total. The summed E-state index contributed by atoms with van der Waals surface area (Å²) in [5.41, 5.74) is 1.82. The van der Waals surface area contributed by atoms with Gasteiger partial charge >= 0.3 is 5.97 Å². The maximum absolute atomic E-state index is 12.0. The molecule has 1 fully saturated rings. The van der Waals surface area contributed by atoms with Crippen LogP contribution in [0.15, 0.2) is 48.5 Å². The van der Waals surface area contributed by atoms with E-state index in [0.29, 0.717) is 18.0 Å². The minimum atomic E-state index is -0.613. The van der Waals surface area contributed by atoms with Crippen molar-refractivity contribution in [2.45, 2.75) is 19.8 Å². The topological polar surface area (TPSA) is 77.1 Å². The van der Waals surface area contributed by atoms with Crippen LogP contribution >= 0.6 is 0 Å². The molecule has 0 unspecified atom stereocenters. The summed E-state index contributed by atoms with van der Waals surface area (Å²) in [5, 5.41) is 2.72. The number of hydrogen-bond acceptors (Lipinski definition) is 6. The van der Waals surface area contributed by atoms with Gasteiger partial charge in [-0.3, -0.25) is 4.79 Å². The van der Waals surface area contributed by atoms with Crippen LogP contribution in [0.3, 0.4) is 0 Å². The van der Waals surface area contributed by atoms with Crippen molar-refractivity contribution in [3.05, 3.63) is 48.5 Å². The number of amides is 1. The highest BCUT2D eigenvalue weighted by Gasteiger charge is 2.13. The third kappa shape index (κ3) is 6.41. The third-order valence-electron chi connectivity index (χ3n) is 4.48. The van der Waals surface area contributed by atoms with E-state index in [4.69, 9.17) is 14.2 Å². The van der Waals surface area contributed by atoms with Crippen LogP contribution in [0.5, 0.6) is 11.5 Å². The van der Waals surface area contributed by atoms with Gasteiger partial charge < -0.3 is 24.4 Å². The Bertz CT molecular complexity index is 799. The molecule has 0 radical (unpaired) electrons. The molecule has 1 N–H and O–H groups in total. The SMILES string of the molecule is CCOc1ccc(OCC(=O)OCC(=O)Nc2ccc(N3CCCC3)cc2)cc1. The fourth-order valence-electron chi connectivity index (χ4n) is 3.06. The predicted octanol–water partition coefficient (Wildman–Crippen LogP) is 3.25. The summed E-state index contributed by atoms with van der Waals surface area (Å²) in [7, 11) is 0. The number of ether oxygens (including phenoxy) is 3. The molecule has 0 saturated carbocycles. The Balaban J connectivity index is 1.36. The molecule has 1 saturated heterocycles. The molecular formula is C22H26N2O5. The zero-order valence-electron chi connectivity index (χ0n) is 16.6. The van der Waals surface area contributed by atoms with Crippen molar-refractivity contribution in [1.82, 2.24) is 0 Å². The van der Waals surface area contributed by atoms with E-state index in [9.17, 15) is 9.59 Å². The molecule has 3 rings (SSSR count). The van der Waals surface area contributed by atoms with Crippen molar-refractivity contribution in [1.29, 1.82) is 0 Å². The summed E-state index contributed by atoms with van der Waals surface area (Å²) in [6.07, 6.45) is 2.43. The fraction of sp³-hybridized carbons (Fsp3) is 0.364. The van der Waals surface area contributed by atoms with Crippen LogP contribution in [-0.4, -0.2) is 44.8 Å². The molecule has 2 aromatic carbocycles. The van der Waals surface area contributed by atoms with Crippen molar-refractivity contribution in [2.75, 3.05) is 43.1 Å². The lowest BCUT2D eigenvalue weighted by Crippen LogP contribution is -2.23. The van der Waals surface area contributed by atoms with Crippen molar-refractivity contribution in [3.63, 3.8) is 0 Å². The first-order chi connectivity index (χ1) is 14.1. The normalized spacial score (nSPS) is 13.1. The fourth-order valence-corrected chi connectivity index (χ4v) is 3.06. The Morgan fingerprint density at radius 2 is 1.52 bits per heavy atom. The van der Waals surface area contributed by atoms with E-state index in [0.717, 1.165) is 24.5 Å². The lowest BCUT2D eigenvalue weighted by Gasteiger charge is -2.17. The van der Waals surface area contributed by atoms with Gasteiger partial charge in [0.05, 0.1) is 6.61 Å². The highest BCUT2D eigenvalue weighted by Crippen LogP contribution is 2.22. The van der Waals surface area contributed by atoms with Crippen LogP contribution in [0.25, 0.3) is 0 Å². The number of hydrogen-bond donors (Lipinski definition) is 1. The van der Waals surface area contributed by atoms with Gasteiger partial charge in [0.1, 0.15) is 11.5 Å². The molecule has 29 heavy (non-hydrogen) atoms. The van der Waals surface area contributed by atoms with Crippen molar-refractivity contribution in [2.24, 2.45) is 0 Å². The van der Waals surface area contributed by atoms with Gasteiger partial charge in [-0.2, -0.15) is 0 Å². The summed E-state index contributed by atoms with van der Waals surface area (Å²) in [4.78, 5) is 26.1. The predicted molar refractivity (Wildman–Crippen MR) is 111 cm³/mol. The van der Waals surface area contributed by atoms with E-state index in [1.165, 1.54) is 12.8 Å². The third-order valence-corrected chi connectivity index (χ3v) is 4.48. The Morgan fingerprint density at radius 3 is 2.14 bits per heavy atom. The van der Waals surface area contributed by atoms with E-state index >= 15 is 0 Å². The molecule has 0 spiro atoms. The van der Waals surface area contributed by atoms with Crippen molar-refractivity contribution >= 4 is 23.3 Å². The van der Waals surface area contributed by atoms with Gasteiger partial charge in [-0.15, -0.1) is 0 Å². The first-order valence-electron chi connectivity index (χ1n) is 9.80. The number of rotatable bonds is 9. The molecule has 1 heterocycles. The maximum atomic E-state index is 12.0. The number of carbonyl (C=O) groups excluding carboxylic acids is 2. The molecule has 0 aromatic heterocycles. The highest BCUT2D eigenvalue weighted by atomic mass is 16.6. The number of nitrogens with one attached hydrogen (secondary N) is 1. The Labute approximate surface area is 170 Å². The van der Waals surface area contributed by atoms with Crippen LogP contribution in [-0.2, 0) is 14.3 Å². The van der Waals surface area contributed by atoms with Gasteiger partial charge in [0.25, 0.3) is 5.91 Å². The second-order valence-corrected chi connectivity index (χ2v) is 6.64.